The van der Waals surface area contributed by atoms with Gasteiger partial charge in [-0.1, -0.05) is 12.1 Å². The first-order chi connectivity index (χ1) is 10.2. The van der Waals surface area contributed by atoms with Gasteiger partial charge in [0.25, 0.3) is 0 Å². The topological polar surface area (TPSA) is 52.5 Å². The van der Waals surface area contributed by atoms with Crippen LogP contribution in [0.4, 0.5) is 4.39 Å². The minimum atomic E-state index is -0.343. The van der Waals surface area contributed by atoms with Crippen molar-refractivity contribution < 1.29 is 9.13 Å². The Hall–Kier alpha value is -2.40. The zero-order valence-corrected chi connectivity index (χ0v) is 11.7. The largest absolute Gasteiger partial charge is 0.497 e. The van der Waals surface area contributed by atoms with Crippen molar-refractivity contribution in [2.45, 2.75) is 6.42 Å². The van der Waals surface area contributed by atoms with Gasteiger partial charge in [-0.05, 0) is 30.8 Å². The molecule has 0 radical (unpaired) electrons. The summed E-state index contributed by atoms with van der Waals surface area (Å²) in [6.07, 6.45) is 2.40. The summed E-state index contributed by atoms with van der Waals surface area (Å²) in [7, 11) is 1.62. The molecule has 0 bridgehead atoms. The van der Waals surface area contributed by atoms with E-state index in [1.165, 1.54) is 6.07 Å². The molecule has 21 heavy (non-hydrogen) atoms. The quantitative estimate of drug-likeness (QED) is 0.801. The molecular formula is C16H16FN3O. The summed E-state index contributed by atoms with van der Waals surface area (Å²) in [4.78, 5) is 4.40. The van der Waals surface area contributed by atoms with E-state index in [2.05, 4.69) is 4.98 Å². The van der Waals surface area contributed by atoms with E-state index in [0.29, 0.717) is 18.6 Å². The summed E-state index contributed by atoms with van der Waals surface area (Å²) >= 11 is 0. The summed E-state index contributed by atoms with van der Waals surface area (Å²) in [5.74, 6) is 0.405. The lowest BCUT2D eigenvalue weighted by molar-refractivity contribution is 0.415. The Morgan fingerprint density at radius 2 is 2.14 bits per heavy atom. The van der Waals surface area contributed by atoms with Crippen LogP contribution in [0.2, 0.25) is 0 Å². The summed E-state index contributed by atoms with van der Waals surface area (Å²) < 4.78 is 21.0. The number of nitrogens with zero attached hydrogens (tertiary/aromatic N) is 2. The second-order valence-corrected chi connectivity index (χ2v) is 4.73. The number of rotatable bonds is 4. The molecule has 2 heterocycles. The highest BCUT2D eigenvalue weighted by atomic mass is 19.1. The minimum absolute atomic E-state index is 0.318. The van der Waals surface area contributed by atoms with Crippen LogP contribution in [0.5, 0.6) is 5.75 Å². The summed E-state index contributed by atoms with van der Waals surface area (Å²) in [6.45, 7) is 0.461. The average Bonchev–Trinajstić information content (AvgIpc) is 2.87. The van der Waals surface area contributed by atoms with Gasteiger partial charge >= 0.3 is 0 Å². The zero-order valence-electron chi connectivity index (χ0n) is 11.7. The molecule has 108 valence electrons. The number of benzene rings is 1. The summed E-state index contributed by atoms with van der Waals surface area (Å²) in [5.41, 5.74) is 8.54. The fourth-order valence-corrected chi connectivity index (χ4v) is 2.47. The smallest absolute Gasteiger partial charge is 0.173 e. The molecule has 0 saturated carbocycles. The molecule has 4 nitrogen and oxygen atoms in total. The van der Waals surface area contributed by atoms with Crippen LogP contribution in [0.15, 0.2) is 42.6 Å². The van der Waals surface area contributed by atoms with Crippen LogP contribution in [0.3, 0.4) is 0 Å². The lowest BCUT2D eigenvalue weighted by atomic mass is 10.1. The van der Waals surface area contributed by atoms with E-state index in [1.54, 1.807) is 23.8 Å². The molecule has 3 rings (SSSR count). The molecule has 0 aliphatic carbocycles. The van der Waals surface area contributed by atoms with E-state index in [-0.39, 0.29) is 5.82 Å². The highest BCUT2D eigenvalue weighted by Gasteiger charge is 2.16. The zero-order chi connectivity index (χ0) is 14.8. The van der Waals surface area contributed by atoms with Gasteiger partial charge in [0.1, 0.15) is 5.75 Å². The fraction of sp³-hybridized carbons (Fsp3) is 0.188. The van der Waals surface area contributed by atoms with Crippen molar-refractivity contribution >= 4 is 5.65 Å². The molecule has 1 aromatic carbocycles. The first kappa shape index (κ1) is 13.6. The molecule has 2 N–H and O–H groups in total. The molecule has 0 atom stereocenters. The fourth-order valence-electron chi connectivity index (χ4n) is 2.47. The van der Waals surface area contributed by atoms with Gasteiger partial charge in [-0.2, -0.15) is 0 Å². The molecule has 0 fully saturated rings. The monoisotopic (exact) mass is 285 g/mol. The highest BCUT2D eigenvalue weighted by Crippen LogP contribution is 2.29. The number of ether oxygens (including phenoxy) is 1. The van der Waals surface area contributed by atoms with E-state index >= 15 is 0 Å². The lowest BCUT2D eigenvalue weighted by Gasteiger charge is -2.07. The third-order valence-corrected chi connectivity index (χ3v) is 3.40. The maximum atomic E-state index is 13.9. The number of halogens is 1. The van der Waals surface area contributed by atoms with Crippen LogP contribution in [0, 0.1) is 5.82 Å². The molecule has 0 saturated heterocycles. The van der Waals surface area contributed by atoms with Crippen molar-refractivity contribution in [3.05, 3.63) is 54.1 Å². The Bertz CT molecular complexity index is 782. The number of nitrogens with two attached hydrogens (primary N) is 1. The predicted octanol–water partition coefficient (Wildman–Crippen LogP) is 2.65. The van der Waals surface area contributed by atoms with Crippen molar-refractivity contribution in [1.82, 2.24) is 9.38 Å². The molecule has 3 aromatic rings. The second kappa shape index (κ2) is 5.54. The Morgan fingerprint density at radius 1 is 1.29 bits per heavy atom. The van der Waals surface area contributed by atoms with Gasteiger partial charge in [-0.25, -0.2) is 9.37 Å². The van der Waals surface area contributed by atoms with E-state index < -0.39 is 0 Å². The third kappa shape index (κ3) is 2.36. The molecule has 0 amide bonds. The normalized spacial score (nSPS) is 11.0. The van der Waals surface area contributed by atoms with Crippen LogP contribution in [0.25, 0.3) is 16.9 Å². The standard InChI is InChI=1S/C16H16FN3O/c1-21-12-5-2-4-11(10-12)15-14(7-8-18)19-16-13(17)6-3-9-20(15)16/h2-6,9-10H,7-8,18H2,1H3. The molecule has 0 spiro atoms. The van der Waals surface area contributed by atoms with Crippen LogP contribution in [-0.4, -0.2) is 23.0 Å². The summed E-state index contributed by atoms with van der Waals surface area (Å²) in [5, 5.41) is 0. The Kier molecular flexibility index (Phi) is 3.58. The van der Waals surface area contributed by atoms with Crippen LogP contribution < -0.4 is 10.5 Å². The van der Waals surface area contributed by atoms with E-state index in [4.69, 9.17) is 10.5 Å². The third-order valence-electron chi connectivity index (χ3n) is 3.40. The average molecular weight is 285 g/mol. The number of methoxy groups -OCH3 is 1. The van der Waals surface area contributed by atoms with E-state index in [0.717, 1.165) is 22.7 Å². The molecule has 0 aliphatic rings. The Labute approximate surface area is 122 Å². The summed E-state index contributed by atoms with van der Waals surface area (Å²) in [6, 6.07) is 10.7. The maximum absolute atomic E-state index is 13.9. The molecule has 0 aliphatic heterocycles. The van der Waals surface area contributed by atoms with Gasteiger partial charge in [0.15, 0.2) is 11.5 Å². The van der Waals surface area contributed by atoms with Crippen molar-refractivity contribution in [3.63, 3.8) is 0 Å². The number of hydrogen-bond donors (Lipinski definition) is 1. The van der Waals surface area contributed by atoms with Crippen LogP contribution >= 0.6 is 0 Å². The number of pyridine rings is 1. The van der Waals surface area contributed by atoms with Crippen LogP contribution in [0.1, 0.15) is 5.69 Å². The number of imidazole rings is 1. The van der Waals surface area contributed by atoms with Gasteiger partial charge in [-0.15, -0.1) is 0 Å². The van der Waals surface area contributed by atoms with E-state index in [9.17, 15) is 4.39 Å². The molecule has 5 heteroatoms. The Morgan fingerprint density at radius 3 is 2.90 bits per heavy atom. The first-order valence-corrected chi connectivity index (χ1v) is 6.74. The van der Waals surface area contributed by atoms with Gasteiger partial charge in [0, 0.05) is 18.2 Å². The number of aromatic nitrogens is 2. The predicted molar refractivity (Wildman–Crippen MR) is 79.9 cm³/mol. The van der Waals surface area contributed by atoms with Crippen molar-refractivity contribution in [3.8, 4) is 17.0 Å². The minimum Gasteiger partial charge on any atom is -0.497 e. The molecular weight excluding hydrogens is 269 g/mol. The van der Waals surface area contributed by atoms with Gasteiger partial charge < -0.3 is 10.5 Å². The van der Waals surface area contributed by atoms with Gasteiger partial charge in [0.05, 0.1) is 18.5 Å². The maximum Gasteiger partial charge on any atom is 0.173 e. The second-order valence-electron chi connectivity index (χ2n) is 4.73. The number of hydrogen-bond acceptors (Lipinski definition) is 3. The van der Waals surface area contributed by atoms with Crippen molar-refractivity contribution in [1.29, 1.82) is 0 Å². The van der Waals surface area contributed by atoms with Crippen molar-refractivity contribution in [2.75, 3.05) is 13.7 Å². The lowest BCUT2D eigenvalue weighted by Crippen LogP contribution is -2.04. The number of fused-ring (bicyclic) bond motifs is 1. The van der Waals surface area contributed by atoms with E-state index in [1.807, 2.05) is 24.3 Å². The highest BCUT2D eigenvalue weighted by molar-refractivity contribution is 5.69. The van der Waals surface area contributed by atoms with Crippen molar-refractivity contribution in [2.24, 2.45) is 5.73 Å². The van der Waals surface area contributed by atoms with Gasteiger partial charge in [0.2, 0.25) is 0 Å². The van der Waals surface area contributed by atoms with Crippen LogP contribution in [-0.2, 0) is 6.42 Å². The van der Waals surface area contributed by atoms with Gasteiger partial charge in [-0.3, -0.25) is 4.40 Å². The SMILES string of the molecule is COc1cccc(-c2c(CCN)nc3c(F)cccn23)c1. The Balaban J connectivity index is 2.28. The first-order valence-electron chi connectivity index (χ1n) is 6.74. The molecule has 0 unspecified atom stereocenters. The molecule has 2 aromatic heterocycles.